The Bertz CT molecular complexity index is 691. The second kappa shape index (κ2) is 5.21. The minimum Gasteiger partial charge on any atom is -0.267 e. The summed E-state index contributed by atoms with van der Waals surface area (Å²) >= 11 is 7.36. The summed E-state index contributed by atoms with van der Waals surface area (Å²) in [6, 6.07) is 1.73. The van der Waals surface area contributed by atoms with Crippen LogP contribution in [0.5, 0.6) is 0 Å². The predicted molar refractivity (Wildman–Crippen MR) is 76.4 cm³/mol. The standard InChI is InChI=1S/C12H14ClN5OS/c1-6(2)18-11(19)16-17-12(18)20-9-5-8(13)14-10(15-9)7-3-4-7/h5-7H,3-4H2,1-2H3,(H,16,19). The van der Waals surface area contributed by atoms with E-state index in [1.165, 1.54) is 11.8 Å². The van der Waals surface area contributed by atoms with Crippen LogP contribution in [0.2, 0.25) is 5.15 Å². The van der Waals surface area contributed by atoms with Crippen molar-refractivity contribution in [2.45, 2.75) is 48.8 Å². The Morgan fingerprint density at radius 1 is 1.45 bits per heavy atom. The van der Waals surface area contributed by atoms with Crippen LogP contribution in [-0.2, 0) is 0 Å². The van der Waals surface area contributed by atoms with Crippen molar-refractivity contribution in [2.24, 2.45) is 0 Å². The first-order valence-electron chi connectivity index (χ1n) is 6.44. The van der Waals surface area contributed by atoms with Gasteiger partial charge in [0.25, 0.3) is 0 Å². The summed E-state index contributed by atoms with van der Waals surface area (Å²) in [5.41, 5.74) is -0.218. The normalized spacial score (nSPS) is 15.0. The van der Waals surface area contributed by atoms with Gasteiger partial charge in [0.1, 0.15) is 16.0 Å². The Kier molecular flexibility index (Phi) is 3.55. The Morgan fingerprint density at radius 2 is 2.20 bits per heavy atom. The lowest BCUT2D eigenvalue weighted by molar-refractivity contribution is 0.534. The highest BCUT2D eigenvalue weighted by molar-refractivity contribution is 7.99. The van der Waals surface area contributed by atoms with Gasteiger partial charge in [-0.05, 0) is 38.5 Å². The highest BCUT2D eigenvalue weighted by Gasteiger charge is 2.27. The Labute approximate surface area is 125 Å². The van der Waals surface area contributed by atoms with Crippen molar-refractivity contribution in [1.29, 1.82) is 0 Å². The molecule has 0 bridgehead atoms. The van der Waals surface area contributed by atoms with Crippen LogP contribution < -0.4 is 5.69 Å². The van der Waals surface area contributed by atoms with Gasteiger partial charge < -0.3 is 0 Å². The molecule has 2 heterocycles. The zero-order valence-electron chi connectivity index (χ0n) is 11.1. The number of nitrogens with zero attached hydrogens (tertiary/aromatic N) is 4. The number of rotatable bonds is 4. The van der Waals surface area contributed by atoms with E-state index in [0.29, 0.717) is 21.3 Å². The lowest BCUT2D eigenvalue weighted by Gasteiger charge is -2.08. The van der Waals surface area contributed by atoms with Crippen LogP contribution in [0.15, 0.2) is 21.0 Å². The molecule has 0 atom stereocenters. The first kappa shape index (κ1) is 13.6. The molecule has 1 aliphatic rings. The summed E-state index contributed by atoms with van der Waals surface area (Å²) in [7, 11) is 0. The molecule has 0 saturated heterocycles. The number of hydrogen-bond donors (Lipinski definition) is 1. The number of hydrogen-bond acceptors (Lipinski definition) is 5. The third kappa shape index (κ3) is 2.73. The van der Waals surface area contributed by atoms with Crippen molar-refractivity contribution in [1.82, 2.24) is 24.7 Å². The molecule has 3 rings (SSSR count). The number of nitrogens with one attached hydrogen (secondary N) is 1. The predicted octanol–water partition coefficient (Wildman–Crippen LogP) is 2.62. The van der Waals surface area contributed by atoms with Crippen molar-refractivity contribution in [3.05, 3.63) is 27.5 Å². The molecule has 6 nitrogen and oxygen atoms in total. The van der Waals surface area contributed by atoms with Gasteiger partial charge in [0, 0.05) is 18.0 Å². The fourth-order valence-electron chi connectivity index (χ4n) is 1.90. The largest absolute Gasteiger partial charge is 0.344 e. The molecule has 8 heteroatoms. The van der Waals surface area contributed by atoms with Crippen LogP contribution in [0.4, 0.5) is 0 Å². The number of H-pyrrole nitrogens is 1. The summed E-state index contributed by atoms with van der Waals surface area (Å²) in [5, 5.41) is 8.23. The van der Waals surface area contributed by atoms with Crippen LogP contribution >= 0.6 is 23.4 Å². The van der Waals surface area contributed by atoms with Crippen molar-refractivity contribution < 1.29 is 0 Å². The topological polar surface area (TPSA) is 76.5 Å². The van der Waals surface area contributed by atoms with E-state index < -0.39 is 0 Å². The van der Waals surface area contributed by atoms with Gasteiger partial charge in [0.2, 0.25) is 0 Å². The van der Waals surface area contributed by atoms with E-state index in [4.69, 9.17) is 11.6 Å². The molecule has 0 spiro atoms. The van der Waals surface area contributed by atoms with Crippen LogP contribution in [0, 0.1) is 0 Å². The minimum absolute atomic E-state index is 0.0314. The van der Waals surface area contributed by atoms with Crippen molar-refractivity contribution in [3.8, 4) is 0 Å². The van der Waals surface area contributed by atoms with Gasteiger partial charge >= 0.3 is 5.69 Å². The van der Waals surface area contributed by atoms with E-state index in [1.807, 2.05) is 13.8 Å². The molecule has 0 unspecified atom stereocenters. The SMILES string of the molecule is CC(C)n1c(Sc2cc(Cl)nc(C3CC3)n2)n[nH]c1=O. The highest BCUT2D eigenvalue weighted by Crippen LogP contribution is 2.39. The first-order chi connectivity index (χ1) is 9.54. The molecular weight excluding hydrogens is 298 g/mol. The van der Waals surface area contributed by atoms with Crippen LogP contribution in [0.1, 0.15) is 44.5 Å². The molecule has 2 aromatic rings. The average Bonchev–Trinajstić information content (AvgIpc) is 3.14. The highest BCUT2D eigenvalue weighted by atomic mass is 35.5. The Balaban J connectivity index is 1.93. The summed E-state index contributed by atoms with van der Waals surface area (Å²) in [6.07, 6.45) is 2.23. The number of halogens is 1. The number of aromatic amines is 1. The van der Waals surface area contributed by atoms with Gasteiger partial charge in [-0.15, -0.1) is 5.10 Å². The zero-order chi connectivity index (χ0) is 14.3. The first-order valence-corrected chi connectivity index (χ1v) is 7.63. The maximum Gasteiger partial charge on any atom is 0.344 e. The van der Waals surface area contributed by atoms with E-state index in [0.717, 1.165) is 18.7 Å². The quantitative estimate of drug-likeness (QED) is 0.878. The second-order valence-corrected chi connectivity index (χ2v) is 6.41. The molecule has 20 heavy (non-hydrogen) atoms. The van der Waals surface area contributed by atoms with Crippen LogP contribution in [0.3, 0.4) is 0 Å². The van der Waals surface area contributed by atoms with E-state index in [-0.39, 0.29) is 11.7 Å². The Hall–Kier alpha value is -1.34. The van der Waals surface area contributed by atoms with Gasteiger partial charge in [-0.3, -0.25) is 4.57 Å². The fourth-order valence-corrected chi connectivity index (χ4v) is 3.14. The molecule has 2 aromatic heterocycles. The molecule has 1 saturated carbocycles. The van der Waals surface area contributed by atoms with E-state index >= 15 is 0 Å². The van der Waals surface area contributed by atoms with Crippen LogP contribution in [0.25, 0.3) is 0 Å². The molecule has 0 amide bonds. The smallest absolute Gasteiger partial charge is 0.267 e. The van der Waals surface area contributed by atoms with E-state index in [1.54, 1.807) is 10.6 Å². The molecule has 1 N–H and O–H groups in total. The molecule has 1 aliphatic carbocycles. The summed E-state index contributed by atoms with van der Waals surface area (Å²) in [5.74, 6) is 1.22. The molecule has 106 valence electrons. The van der Waals surface area contributed by atoms with Gasteiger partial charge in [-0.1, -0.05) is 11.6 Å². The van der Waals surface area contributed by atoms with E-state index in [2.05, 4.69) is 20.2 Å². The third-order valence-corrected chi connectivity index (χ3v) is 4.10. The van der Waals surface area contributed by atoms with Crippen molar-refractivity contribution >= 4 is 23.4 Å². The van der Waals surface area contributed by atoms with Gasteiger partial charge in [0.05, 0.1) is 0 Å². The molecule has 1 fully saturated rings. The van der Waals surface area contributed by atoms with E-state index in [9.17, 15) is 4.79 Å². The second-order valence-electron chi connectivity index (χ2n) is 5.04. The monoisotopic (exact) mass is 311 g/mol. The van der Waals surface area contributed by atoms with Crippen molar-refractivity contribution in [2.75, 3.05) is 0 Å². The molecular formula is C12H14ClN5OS. The zero-order valence-corrected chi connectivity index (χ0v) is 12.7. The minimum atomic E-state index is -0.218. The average molecular weight is 312 g/mol. The molecule has 0 radical (unpaired) electrons. The molecule has 0 aliphatic heterocycles. The Morgan fingerprint density at radius 3 is 2.85 bits per heavy atom. The maximum absolute atomic E-state index is 11.7. The molecule has 0 aromatic carbocycles. The summed E-state index contributed by atoms with van der Waals surface area (Å²) in [4.78, 5) is 20.4. The van der Waals surface area contributed by atoms with Gasteiger partial charge in [-0.2, -0.15) is 0 Å². The van der Waals surface area contributed by atoms with Gasteiger partial charge in [-0.25, -0.2) is 19.9 Å². The summed E-state index contributed by atoms with van der Waals surface area (Å²) in [6.45, 7) is 3.87. The lowest BCUT2D eigenvalue weighted by Crippen LogP contribution is -2.19. The number of aromatic nitrogens is 5. The fraction of sp³-hybridized carbons (Fsp3) is 0.500. The summed E-state index contributed by atoms with van der Waals surface area (Å²) < 4.78 is 1.59. The van der Waals surface area contributed by atoms with Crippen molar-refractivity contribution in [3.63, 3.8) is 0 Å². The van der Waals surface area contributed by atoms with Crippen LogP contribution in [-0.4, -0.2) is 24.7 Å². The van der Waals surface area contributed by atoms with Gasteiger partial charge in [0.15, 0.2) is 5.16 Å². The third-order valence-electron chi connectivity index (χ3n) is 3.02. The lowest BCUT2D eigenvalue weighted by atomic mass is 10.4. The maximum atomic E-state index is 11.7.